The molecule has 0 heterocycles. The predicted octanol–water partition coefficient (Wildman–Crippen LogP) is 5.41. The van der Waals surface area contributed by atoms with Gasteiger partial charge in [-0.3, -0.25) is 0 Å². The van der Waals surface area contributed by atoms with Crippen LogP contribution in [-0.2, 0) is 31.0 Å². The summed E-state index contributed by atoms with van der Waals surface area (Å²) in [6.07, 6.45) is 0. The summed E-state index contributed by atoms with van der Waals surface area (Å²) in [5.41, 5.74) is 2.59. The van der Waals surface area contributed by atoms with Crippen LogP contribution in [0.1, 0.15) is 65.2 Å². The van der Waals surface area contributed by atoms with E-state index in [1.165, 1.54) is 0 Å². The lowest BCUT2D eigenvalue weighted by Gasteiger charge is -2.28. The molecule has 1 unspecified atom stereocenters. The lowest BCUT2D eigenvalue weighted by molar-refractivity contribution is 0.180. The van der Waals surface area contributed by atoms with Crippen LogP contribution in [0.15, 0.2) is 12.1 Å². The first-order valence-electron chi connectivity index (χ1n) is 7.97. The molecule has 1 rings (SSSR count). The molecule has 0 fully saturated rings. The van der Waals surface area contributed by atoms with E-state index in [1.807, 2.05) is 19.1 Å². The Morgan fingerprint density at radius 2 is 1.43 bits per heavy atom. The number of rotatable bonds is 6. The fourth-order valence-corrected chi connectivity index (χ4v) is 3.05. The van der Waals surface area contributed by atoms with Crippen molar-refractivity contribution in [3.63, 3.8) is 0 Å². The molecular formula is C18H31O4P. The number of aromatic hydroxyl groups is 1. The van der Waals surface area contributed by atoms with Gasteiger partial charge in [-0.05, 0) is 46.6 Å². The van der Waals surface area contributed by atoms with Crippen LogP contribution in [0, 0.1) is 0 Å². The van der Waals surface area contributed by atoms with Crippen molar-refractivity contribution in [2.75, 3.05) is 13.7 Å². The van der Waals surface area contributed by atoms with Crippen LogP contribution in [0.5, 0.6) is 5.75 Å². The third kappa shape index (κ3) is 5.72. The summed E-state index contributed by atoms with van der Waals surface area (Å²) in [6.45, 7) is 15.4. The molecule has 1 atom stereocenters. The van der Waals surface area contributed by atoms with Crippen molar-refractivity contribution in [2.24, 2.45) is 0 Å². The van der Waals surface area contributed by atoms with E-state index in [1.54, 1.807) is 7.11 Å². The van der Waals surface area contributed by atoms with Crippen molar-refractivity contribution in [3.8, 4) is 5.75 Å². The Balaban J connectivity index is 3.18. The van der Waals surface area contributed by atoms with Gasteiger partial charge in [-0.15, -0.1) is 0 Å². The highest BCUT2D eigenvalue weighted by molar-refractivity contribution is 7.41. The predicted molar refractivity (Wildman–Crippen MR) is 95.9 cm³/mol. The Morgan fingerprint density at radius 3 is 1.78 bits per heavy atom. The van der Waals surface area contributed by atoms with E-state index in [0.717, 1.165) is 16.7 Å². The summed E-state index contributed by atoms with van der Waals surface area (Å²) in [4.78, 5) is 0. The molecule has 0 aliphatic heterocycles. The van der Waals surface area contributed by atoms with Gasteiger partial charge in [0.2, 0.25) is 0 Å². The van der Waals surface area contributed by atoms with Gasteiger partial charge in [0.1, 0.15) is 5.75 Å². The number of hydrogen-bond donors (Lipinski definition) is 1. The van der Waals surface area contributed by atoms with Crippen LogP contribution >= 0.6 is 8.60 Å². The van der Waals surface area contributed by atoms with Crippen molar-refractivity contribution < 1.29 is 18.7 Å². The maximum absolute atomic E-state index is 10.7. The molecule has 4 nitrogen and oxygen atoms in total. The van der Waals surface area contributed by atoms with E-state index >= 15 is 0 Å². The van der Waals surface area contributed by atoms with Gasteiger partial charge in [-0.1, -0.05) is 41.5 Å². The van der Waals surface area contributed by atoms with E-state index in [0.29, 0.717) is 19.0 Å². The first kappa shape index (κ1) is 20.4. The normalized spacial score (nSPS) is 14.1. The molecular weight excluding hydrogens is 311 g/mol. The minimum absolute atomic E-state index is 0.147. The van der Waals surface area contributed by atoms with Crippen LogP contribution in [-0.4, -0.2) is 18.8 Å². The van der Waals surface area contributed by atoms with Gasteiger partial charge in [0.05, 0.1) is 13.2 Å². The first-order chi connectivity index (χ1) is 10.5. The average Bonchev–Trinajstić information content (AvgIpc) is 2.42. The number of phenols is 1. The maximum atomic E-state index is 10.7. The van der Waals surface area contributed by atoms with Gasteiger partial charge in [0.25, 0.3) is 0 Å². The Kier molecular flexibility index (Phi) is 7.03. The molecule has 23 heavy (non-hydrogen) atoms. The lowest BCUT2D eigenvalue weighted by atomic mass is 9.78. The molecule has 0 saturated carbocycles. The van der Waals surface area contributed by atoms with Crippen molar-refractivity contribution in [1.82, 2.24) is 0 Å². The summed E-state index contributed by atoms with van der Waals surface area (Å²) in [5, 5.41) is 10.7. The van der Waals surface area contributed by atoms with Crippen molar-refractivity contribution in [3.05, 3.63) is 28.8 Å². The topological polar surface area (TPSA) is 47.9 Å². The Hall–Kier alpha value is -0.670. The Morgan fingerprint density at radius 1 is 0.957 bits per heavy atom. The van der Waals surface area contributed by atoms with Crippen LogP contribution in [0.3, 0.4) is 0 Å². The quantitative estimate of drug-likeness (QED) is 0.702. The second-order valence-electron chi connectivity index (χ2n) is 7.64. The smallest absolute Gasteiger partial charge is 0.332 e. The molecule has 0 aliphatic rings. The van der Waals surface area contributed by atoms with Gasteiger partial charge in [0, 0.05) is 7.11 Å². The molecule has 5 heteroatoms. The molecule has 0 spiro atoms. The summed E-state index contributed by atoms with van der Waals surface area (Å²) in [6, 6.07) is 4.03. The third-order valence-electron chi connectivity index (χ3n) is 3.51. The molecule has 1 aromatic carbocycles. The number of hydrogen-bond acceptors (Lipinski definition) is 4. The van der Waals surface area contributed by atoms with Crippen molar-refractivity contribution in [1.29, 1.82) is 0 Å². The molecule has 132 valence electrons. The maximum Gasteiger partial charge on any atom is 0.332 e. The molecule has 0 radical (unpaired) electrons. The van der Waals surface area contributed by atoms with E-state index < -0.39 is 8.60 Å². The second-order valence-corrected chi connectivity index (χ2v) is 8.97. The summed E-state index contributed by atoms with van der Waals surface area (Å²) >= 11 is 0. The second kappa shape index (κ2) is 7.94. The van der Waals surface area contributed by atoms with Crippen LogP contribution in [0.2, 0.25) is 0 Å². The number of benzene rings is 1. The first-order valence-corrected chi connectivity index (χ1v) is 9.07. The molecule has 0 saturated heterocycles. The molecule has 0 aliphatic carbocycles. The third-order valence-corrected chi connectivity index (χ3v) is 4.61. The van der Waals surface area contributed by atoms with E-state index in [4.69, 9.17) is 13.6 Å². The van der Waals surface area contributed by atoms with E-state index in [-0.39, 0.29) is 10.8 Å². The lowest BCUT2D eigenvalue weighted by Crippen LogP contribution is -2.18. The minimum Gasteiger partial charge on any atom is -0.507 e. The van der Waals surface area contributed by atoms with Crippen LogP contribution in [0.25, 0.3) is 0 Å². The highest BCUT2D eigenvalue weighted by atomic mass is 31.2. The summed E-state index contributed by atoms with van der Waals surface area (Å²) in [7, 11) is 0.255. The zero-order valence-electron chi connectivity index (χ0n) is 15.7. The average molecular weight is 342 g/mol. The van der Waals surface area contributed by atoms with Crippen LogP contribution < -0.4 is 0 Å². The molecule has 0 aromatic heterocycles. The SMILES string of the molecule is CCOP(OC)OCc1cc(C(C)(C)C)c(O)c(C(C)(C)C)c1. The number of phenolic OH excluding ortho intramolecular Hbond substituents is 1. The van der Waals surface area contributed by atoms with Crippen molar-refractivity contribution >= 4 is 8.60 Å². The standard InChI is InChI=1S/C18H31O4P/c1-9-21-23(20-8)22-12-13-10-14(17(2,3)4)16(19)15(11-13)18(5,6)7/h10-11,19H,9,12H2,1-8H3. The largest absolute Gasteiger partial charge is 0.507 e. The Bertz CT molecular complexity index is 480. The zero-order valence-corrected chi connectivity index (χ0v) is 16.6. The summed E-state index contributed by atoms with van der Waals surface area (Å²) < 4.78 is 16.3. The monoisotopic (exact) mass is 342 g/mol. The zero-order chi connectivity index (χ0) is 17.8. The highest BCUT2D eigenvalue weighted by Crippen LogP contribution is 2.42. The van der Waals surface area contributed by atoms with Crippen LogP contribution in [0.4, 0.5) is 0 Å². The highest BCUT2D eigenvalue weighted by Gasteiger charge is 2.26. The van der Waals surface area contributed by atoms with Gasteiger partial charge < -0.3 is 18.7 Å². The van der Waals surface area contributed by atoms with Gasteiger partial charge >= 0.3 is 8.60 Å². The van der Waals surface area contributed by atoms with Gasteiger partial charge in [-0.25, -0.2) is 0 Å². The van der Waals surface area contributed by atoms with Gasteiger partial charge in [0.15, 0.2) is 0 Å². The molecule has 1 aromatic rings. The Labute approximate surface area is 142 Å². The molecule has 0 bridgehead atoms. The van der Waals surface area contributed by atoms with Gasteiger partial charge in [-0.2, -0.15) is 0 Å². The van der Waals surface area contributed by atoms with Crippen molar-refractivity contribution in [2.45, 2.75) is 65.9 Å². The fraction of sp³-hybridized carbons (Fsp3) is 0.667. The molecule has 1 N–H and O–H groups in total. The summed E-state index contributed by atoms with van der Waals surface area (Å²) in [5.74, 6) is 0.382. The van der Waals surface area contributed by atoms with E-state index in [9.17, 15) is 5.11 Å². The molecule has 0 amide bonds. The minimum atomic E-state index is -1.33. The van der Waals surface area contributed by atoms with E-state index in [2.05, 4.69) is 41.5 Å². The fourth-order valence-electron chi connectivity index (χ4n) is 2.30.